The summed E-state index contributed by atoms with van der Waals surface area (Å²) in [5.74, 6) is 2.35. The fraction of sp³-hybridized carbons (Fsp3) is 0.263. The van der Waals surface area contributed by atoms with Crippen LogP contribution in [0, 0.1) is 0 Å². The normalized spacial score (nSPS) is 10.5. The first kappa shape index (κ1) is 17.6. The van der Waals surface area contributed by atoms with Crippen LogP contribution < -0.4 is 15.1 Å². The molecule has 0 fully saturated rings. The predicted molar refractivity (Wildman–Crippen MR) is 106 cm³/mol. The van der Waals surface area contributed by atoms with Gasteiger partial charge in [0.2, 0.25) is 11.9 Å². The molecule has 3 aromatic rings. The van der Waals surface area contributed by atoms with E-state index in [2.05, 4.69) is 25.5 Å². The number of hydrazone groups is 1. The quantitative estimate of drug-likeness (QED) is 0.560. The van der Waals surface area contributed by atoms with Crippen LogP contribution in [0.15, 0.2) is 41.5 Å². The summed E-state index contributed by atoms with van der Waals surface area (Å²) in [6.07, 6.45) is 0. The summed E-state index contributed by atoms with van der Waals surface area (Å²) in [5.41, 5.74) is 4.69. The zero-order valence-electron chi connectivity index (χ0n) is 15.6. The Balaban J connectivity index is 2.20. The number of ether oxygens (including phenoxy) is 1. The standard InChI is InChI=1S/C19H22N6O/c1-12(2)23-24-18-20-17(21-19(22-18)25(3)4)15-10-11-16(26-5)14-9-7-6-8-13(14)15/h6-11H,1-5H3,(H,20,21,22,24). The van der Waals surface area contributed by atoms with Crippen LogP contribution >= 0.6 is 0 Å². The van der Waals surface area contributed by atoms with Crippen LogP contribution in [0.4, 0.5) is 11.9 Å². The second-order valence-electron chi connectivity index (χ2n) is 6.21. The summed E-state index contributed by atoms with van der Waals surface area (Å²) in [7, 11) is 5.45. The first-order valence-electron chi connectivity index (χ1n) is 8.26. The Morgan fingerprint density at radius 2 is 1.73 bits per heavy atom. The second-order valence-corrected chi connectivity index (χ2v) is 6.21. The molecule has 0 bridgehead atoms. The molecule has 7 heteroatoms. The van der Waals surface area contributed by atoms with Crippen molar-refractivity contribution in [3.05, 3.63) is 36.4 Å². The molecule has 134 valence electrons. The Morgan fingerprint density at radius 1 is 1.00 bits per heavy atom. The average Bonchev–Trinajstić information content (AvgIpc) is 2.65. The molecule has 7 nitrogen and oxygen atoms in total. The van der Waals surface area contributed by atoms with E-state index in [9.17, 15) is 0 Å². The van der Waals surface area contributed by atoms with Crippen LogP contribution in [-0.4, -0.2) is 41.9 Å². The van der Waals surface area contributed by atoms with Crippen LogP contribution in [-0.2, 0) is 0 Å². The fourth-order valence-corrected chi connectivity index (χ4v) is 2.54. The number of nitrogens with zero attached hydrogens (tertiary/aromatic N) is 5. The number of fused-ring (bicyclic) bond motifs is 1. The van der Waals surface area contributed by atoms with Crippen molar-refractivity contribution in [3.8, 4) is 17.1 Å². The van der Waals surface area contributed by atoms with Gasteiger partial charge in [-0.1, -0.05) is 24.3 Å². The van der Waals surface area contributed by atoms with Gasteiger partial charge in [-0.15, -0.1) is 0 Å². The molecule has 0 saturated carbocycles. The molecule has 0 amide bonds. The van der Waals surface area contributed by atoms with Crippen molar-refractivity contribution in [1.29, 1.82) is 0 Å². The maximum absolute atomic E-state index is 5.48. The van der Waals surface area contributed by atoms with Crippen LogP contribution in [0.5, 0.6) is 5.75 Å². The third-order valence-corrected chi connectivity index (χ3v) is 3.75. The fourth-order valence-electron chi connectivity index (χ4n) is 2.54. The Morgan fingerprint density at radius 3 is 2.38 bits per heavy atom. The zero-order valence-corrected chi connectivity index (χ0v) is 15.6. The van der Waals surface area contributed by atoms with E-state index in [-0.39, 0.29) is 0 Å². The molecule has 0 unspecified atom stereocenters. The summed E-state index contributed by atoms with van der Waals surface area (Å²) in [6.45, 7) is 3.80. The largest absolute Gasteiger partial charge is 0.496 e. The third-order valence-electron chi connectivity index (χ3n) is 3.75. The molecule has 0 atom stereocenters. The number of rotatable bonds is 5. The molecule has 2 aromatic carbocycles. The van der Waals surface area contributed by atoms with Crippen molar-refractivity contribution in [2.24, 2.45) is 5.10 Å². The minimum atomic E-state index is 0.403. The molecular formula is C19H22N6O. The summed E-state index contributed by atoms with van der Waals surface area (Å²) in [4.78, 5) is 15.4. The van der Waals surface area contributed by atoms with Gasteiger partial charge in [-0.2, -0.15) is 20.1 Å². The lowest BCUT2D eigenvalue weighted by Crippen LogP contribution is -2.15. The Hall–Kier alpha value is -3.22. The molecule has 3 rings (SSSR count). The van der Waals surface area contributed by atoms with E-state index < -0.39 is 0 Å². The minimum Gasteiger partial charge on any atom is -0.496 e. The number of hydrogen-bond donors (Lipinski definition) is 1. The molecule has 1 heterocycles. The van der Waals surface area contributed by atoms with Gasteiger partial charge < -0.3 is 9.64 Å². The maximum Gasteiger partial charge on any atom is 0.248 e. The summed E-state index contributed by atoms with van der Waals surface area (Å²) >= 11 is 0. The second kappa shape index (κ2) is 7.35. The van der Waals surface area contributed by atoms with Crippen LogP contribution in [0.2, 0.25) is 0 Å². The molecule has 1 aromatic heterocycles. The Kier molecular flexibility index (Phi) is 4.97. The van der Waals surface area contributed by atoms with Gasteiger partial charge in [0.25, 0.3) is 0 Å². The lowest BCUT2D eigenvalue weighted by molar-refractivity contribution is 0.420. The maximum atomic E-state index is 5.48. The molecule has 0 aliphatic rings. The van der Waals surface area contributed by atoms with Crippen LogP contribution in [0.3, 0.4) is 0 Å². The highest BCUT2D eigenvalue weighted by Crippen LogP contribution is 2.33. The lowest BCUT2D eigenvalue weighted by atomic mass is 10.0. The molecule has 0 saturated heterocycles. The van der Waals surface area contributed by atoms with Gasteiger partial charge in [-0.3, -0.25) is 0 Å². The minimum absolute atomic E-state index is 0.403. The number of anilines is 2. The van der Waals surface area contributed by atoms with Crippen LogP contribution in [0.1, 0.15) is 13.8 Å². The number of nitrogens with one attached hydrogen (secondary N) is 1. The van der Waals surface area contributed by atoms with E-state index in [1.165, 1.54) is 0 Å². The highest BCUT2D eigenvalue weighted by Gasteiger charge is 2.14. The van der Waals surface area contributed by atoms with Crippen molar-refractivity contribution in [1.82, 2.24) is 15.0 Å². The highest BCUT2D eigenvalue weighted by atomic mass is 16.5. The summed E-state index contributed by atoms with van der Waals surface area (Å²) in [5, 5.41) is 6.22. The van der Waals surface area contributed by atoms with Gasteiger partial charge in [0.05, 0.1) is 7.11 Å². The molecular weight excluding hydrogens is 328 g/mol. The van der Waals surface area contributed by atoms with E-state index in [1.807, 2.05) is 69.2 Å². The summed E-state index contributed by atoms with van der Waals surface area (Å²) in [6, 6.07) is 11.9. The van der Waals surface area contributed by atoms with Gasteiger partial charge in [0.1, 0.15) is 5.75 Å². The van der Waals surface area contributed by atoms with Gasteiger partial charge >= 0.3 is 0 Å². The lowest BCUT2D eigenvalue weighted by Gasteiger charge is -2.14. The molecule has 26 heavy (non-hydrogen) atoms. The number of methoxy groups -OCH3 is 1. The Labute approximate surface area is 152 Å². The molecule has 0 aliphatic heterocycles. The smallest absolute Gasteiger partial charge is 0.248 e. The van der Waals surface area contributed by atoms with Crippen molar-refractivity contribution in [3.63, 3.8) is 0 Å². The number of hydrogen-bond acceptors (Lipinski definition) is 7. The number of benzene rings is 2. The molecule has 1 N–H and O–H groups in total. The zero-order chi connectivity index (χ0) is 18.7. The van der Waals surface area contributed by atoms with Gasteiger partial charge in [-0.05, 0) is 31.4 Å². The van der Waals surface area contributed by atoms with Crippen LogP contribution in [0.25, 0.3) is 22.2 Å². The van der Waals surface area contributed by atoms with Crippen molar-refractivity contribution >= 4 is 28.4 Å². The topological polar surface area (TPSA) is 75.5 Å². The first-order valence-corrected chi connectivity index (χ1v) is 8.26. The van der Waals surface area contributed by atoms with E-state index in [4.69, 9.17) is 4.74 Å². The van der Waals surface area contributed by atoms with Crippen molar-refractivity contribution in [2.75, 3.05) is 31.5 Å². The monoisotopic (exact) mass is 350 g/mol. The van der Waals surface area contributed by atoms with Gasteiger partial charge in [-0.25, -0.2) is 5.43 Å². The van der Waals surface area contributed by atoms with E-state index in [0.717, 1.165) is 27.8 Å². The van der Waals surface area contributed by atoms with Gasteiger partial charge in [0.15, 0.2) is 5.82 Å². The highest BCUT2D eigenvalue weighted by molar-refractivity contribution is 5.99. The SMILES string of the molecule is COc1ccc(-c2nc(NN=C(C)C)nc(N(C)C)n2)c2ccccc12. The van der Waals surface area contributed by atoms with E-state index >= 15 is 0 Å². The summed E-state index contributed by atoms with van der Waals surface area (Å²) < 4.78 is 5.48. The van der Waals surface area contributed by atoms with E-state index in [0.29, 0.717) is 17.7 Å². The average molecular weight is 350 g/mol. The molecule has 0 radical (unpaired) electrons. The Bertz CT molecular complexity index is 963. The van der Waals surface area contributed by atoms with E-state index in [1.54, 1.807) is 7.11 Å². The number of aromatic nitrogens is 3. The predicted octanol–water partition coefficient (Wildman–Crippen LogP) is 3.57. The van der Waals surface area contributed by atoms with Gasteiger partial charge in [0, 0.05) is 30.8 Å². The first-order chi connectivity index (χ1) is 12.5. The van der Waals surface area contributed by atoms with Crippen molar-refractivity contribution in [2.45, 2.75) is 13.8 Å². The molecule has 0 spiro atoms. The molecule has 0 aliphatic carbocycles. The van der Waals surface area contributed by atoms with Crippen molar-refractivity contribution < 1.29 is 4.74 Å². The third kappa shape index (κ3) is 3.56.